The molecule has 0 aromatic heterocycles. The van der Waals surface area contributed by atoms with Crippen LogP contribution in [-0.4, -0.2) is 32.4 Å². The number of carboxylic acids is 2. The molecule has 0 radical (unpaired) electrons. The van der Waals surface area contributed by atoms with Crippen LogP contribution in [0.3, 0.4) is 0 Å². The van der Waals surface area contributed by atoms with E-state index < -0.39 is 17.4 Å². The lowest BCUT2D eigenvalue weighted by molar-refractivity contribution is 0.0686. The average Bonchev–Trinajstić information content (AvgIpc) is 2.66. The zero-order valence-electron chi connectivity index (χ0n) is 16.8. The Morgan fingerprint density at radius 1 is 0.667 bits per heavy atom. The highest BCUT2D eigenvalue weighted by atomic mass is 16.4. The van der Waals surface area contributed by atoms with Crippen LogP contribution in [0, 0.1) is 0 Å². The Bertz CT molecular complexity index is 1150. The third-order valence-corrected chi connectivity index (χ3v) is 4.90. The summed E-state index contributed by atoms with van der Waals surface area (Å²) in [6.07, 6.45) is 0. The summed E-state index contributed by atoms with van der Waals surface area (Å²) in [6.45, 7) is 5.87. The van der Waals surface area contributed by atoms with Gasteiger partial charge in [-0.3, -0.25) is 0 Å². The molecule has 0 spiro atoms. The maximum absolute atomic E-state index is 11.7. The van der Waals surface area contributed by atoms with Crippen LogP contribution in [-0.2, 0) is 5.41 Å². The van der Waals surface area contributed by atoms with Crippen LogP contribution in [0.15, 0.2) is 54.6 Å². The van der Waals surface area contributed by atoms with E-state index in [0.29, 0.717) is 22.3 Å². The van der Waals surface area contributed by atoms with Gasteiger partial charge in [0.05, 0.1) is 11.1 Å². The summed E-state index contributed by atoms with van der Waals surface area (Å²) in [5, 5.41) is 39.0. The van der Waals surface area contributed by atoms with E-state index in [1.165, 1.54) is 36.4 Å². The van der Waals surface area contributed by atoms with Gasteiger partial charge in [-0.25, -0.2) is 9.59 Å². The van der Waals surface area contributed by atoms with Crippen molar-refractivity contribution in [3.8, 4) is 33.8 Å². The van der Waals surface area contributed by atoms with E-state index in [1.54, 1.807) is 18.2 Å². The molecule has 154 valence electrons. The maximum Gasteiger partial charge on any atom is 0.336 e. The van der Waals surface area contributed by atoms with Crippen LogP contribution in [0.25, 0.3) is 22.3 Å². The summed E-state index contributed by atoms with van der Waals surface area (Å²) in [4.78, 5) is 23.4. The highest BCUT2D eigenvalue weighted by Crippen LogP contribution is 2.39. The number of phenolic OH excluding ortho intramolecular Hbond substituents is 2. The molecule has 4 N–H and O–H groups in total. The number of carboxylic acid groups (broad SMARTS) is 2. The highest BCUT2D eigenvalue weighted by molar-refractivity contribution is 5.99. The molecular weight excluding hydrogens is 384 g/mol. The molecule has 0 aliphatic rings. The van der Waals surface area contributed by atoms with Crippen LogP contribution in [0.2, 0.25) is 0 Å². The van der Waals surface area contributed by atoms with Crippen molar-refractivity contribution in [2.45, 2.75) is 26.2 Å². The number of carbonyl (C=O) groups is 2. The second kappa shape index (κ2) is 7.55. The molecule has 0 atom stereocenters. The molecule has 0 bridgehead atoms. The first-order chi connectivity index (χ1) is 14.0. The summed E-state index contributed by atoms with van der Waals surface area (Å²) in [5.41, 5.74) is 2.37. The van der Waals surface area contributed by atoms with Gasteiger partial charge in [-0.05, 0) is 70.1 Å². The minimum Gasteiger partial charge on any atom is -0.508 e. The Morgan fingerprint density at radius 3 is 1.67 bits per heavy atom. The summed E-state index contributed by atoms with van der Waals surface area (Å²) >= 11 is 0. The van der Waals surface area contributed by atoms with Gasteiger partial charge in [0.15, 0.2) is 0 Å². The molecule has 0 aliphatic carbocycles. The fourth-order valence-electron chi connectivity index (χ4n) is 3.47. The van der Waals surface area contributed by atoms with Crippen molar-refractivity contribution in [3.63, 3.8) is 0 Å². The van der Waals surface area contributed by atoms with E-state index in [9.17, 15) is 30.0 Å². The average molecular weight is 406 g/mol. The standard InChI is InChI=1S/C24H22O6/c1-24(2,3)21-10-13(19-11-14(25)5-8-17(19)22(27)28)4-7-16(21)20-12-15(26)6-9-18(20)23(29)30/h4-12,25-26H,1-3H3,(H,27,28)(H,29,30). The van der Waals surface area contributed by atoms with Crippen LogP contribution in [0.5, 0.6) is 11.5 Å². The van der Waals surface area contributed by atoms with E-state index >= 15 is 0 Å². The number of aromatic hydroxyl groups is 2. The molecular formula is C24H22O6. The Labute approximate surface area is 173 Å². The number of hydrogen-bond donors (Lipinski definition) is 4. The lowest BCUT2D eigenvalue weighted by atomic mass is 9.79. The van der Waals surface area contributed by atoms with Gasteiger partial charge in [-0.15, -0.1) is 0 Å². The molecule has 3 rings (SSSR count). The van der Waals surface area contributed by atoms with Gasteiger partial charge >= 0.3 is 11.9 Å². The minimum atomic E-state index is -1.12. The van der Waals surface area contributed by atoms with E-state index in [4.69, 9.17) is 0 Å². The van der Waals surface area contributed by atoms with E-state index in [-0.39, 0.29) is 22.6 Å². The van der Waals surface area contributed by atoms with Crippen molar-refractivity contribution in [1.82, 2.24) is 0 Å². The topological polar surface area (TPSA) is 115 Å². The predicted molar refractivity (Wildman–Crippen MR) is 113 cm³/mol. The first-order valence-corrected chi connectivity index (χ1v) is 9.27. The molecule has 0 amide bonds. The van der Waals surface area contributed by atoms with Crippen molar-refractivity contribution in [2.24, 2.45) is 0 Å². The van der Waals surface area contributed by atoms with Gasteiger partial charge in [-0.1, -0.05) is 32.9 Å². The third-order valence-electron chi connectivity index (χ3n) is 4.90. The normalized spacial score (nSPS) is 11.3. The Kier molecular flexibility index (Phi) is 5.27. The molecule has 0 aliphatic heterocycles. The second-order valence-electron chi connectivity index (χ2n) is 8.08. The number of rotatable bonds is 4. The molecule has 0 heterocycles. The summed E-state index contributed by atoms with van der Waals surface area (Å²) in [6, 6.07) is 13.3. The first-order valence-electron chi connectivity index (χ1n) is 9.27. The smallest absolute Gasteiger partial charge is 0.336 e. The predicted octanol–water partition coefficient (Wildman–Crippen LogP) is 5.13. The van der Waals surface area contributed by atoms with Gasteiger partial charge in [-0.2, -0.15) is 0 Å². The molecule has 6 heteroatoms. The van der Waals surface area contributed by atoms with Crippen molar-refractivity contribution in [1.29, 1.82) is 0 Å². The molecule has 0 saturated heterocycles. The zero-order valence-corrected chi connectivity index (χ0v) is 16.8. The molecule has 3 aromatic carbocycles. The van der Waals surface area contributed by atoms with Gasteiger partial charge in [0.2, 0.25) is 0 Å². The molecule has 0 fully saturated rings. The maximum atomic E-state index is 11.7. The summed E-state index contributed by atoms with van der Waals surface area (Å²) in [5.74, 6) is -2.35. The third kappa shape index (κ3) is 3.98. The van der Waals surface area contributed by atoms with E-state index in [1.807, 2.05) is 20.8 Å². The quantitative estimate of drug-likeness (QED) is 0.478. The first kappa shape index (κ1) is 20.9. The van der Waals surface area contributed by atoms with Gasteiger partial charge in [0, 0.05) is 5.56 Å². The zero-order chi connectivity index (χ0) is 22.2. The Morgan fingerprint density at radius 2 is 1.17 bits per heavy atom. The van der Waals surface area contributed by atoms with Crippen LogP contribution >= 0.6 is 0 Å². The summed E-state index contributed by atoms with van der Waals surface area (Å²) in [7, 11) is 0. The van der Waals surface area contributed by atoms with Crippen molar-refractivity contribution in [2.75, 3.05) is 0 Å². The van der Waals surface area contributed by atoms with Crippen LogP contribution in [0.1, 0.15) is 47.1 Å². The molecule has 0 unspecified atom stereocenters. The lowest BCUT2D eigenvalue weighted by Gasteiger charge is -2.25. The van der Waals surface area contributed by atoms with E-state index in [0.717, 1.165) is 5.56 Å². The number of phenols is 2. The summed E-state index contributed by atoms with van der Waals surface area (Å²) < 4.78 is 0. The van der Waals surface area contributed by atoms with Gasteiger partial charge in [0.1, 0.15) is 11.5 Å². The second-order valence-corrected chi connectivity index (χ2v) is 8.08. The van der Waals surface area contributed by atoms with Gasteiger partial charge < -0.3 is 20.4 Å². The van der Waals surface area contributed by atoms with Crippen molar-refractivity contribution >= 4 is 11.9 Å². The van der Waals surface area contributed by atoms with E-state index in [2.05, 4.69) is 0 Å². The Hall–Kier alpha value is -3.80. The van der Waals surface area contributed by atoms with Crippen LogP contribution < -0.4 is 0 Å². The van der Waals surface area contributed by atoms with Crippen molar-refractivity contribution < 1.29 is 30.0 Å². The molecule has 6 nitrogen and oxygen atoms in total. The monoisotopic (exact) mass is 406 g/mol. The largest absolute Gasteiger partial charge is 0.508 e. The number of hydrogen-bond acceptors (Lipinski definition) is 4. The molecule has 30 heavy (non-hydrogen) atoms. The SMILES string of the molecule is CC(C)(C)c1cc(-c2cc(O)ccc2C(=O)O)ccc1-c1cc(O)ccc1C(=O)O. The highest BCUT2D eigenvalue weighted by Gasteiger charge is 2.24. The fraction of sp³-hybridized carbons (Fsp3) is 0.167. The molecule has 3 aromatic rings. The number of aromatic carboxylic acids is 2. The Balaban J connectivity index is 2.32. The minimum absolute atomic E-state index is 0.0454. The van der Waals surface area contributed by atoms with Gasteiger partial charge in [0.25, 0.3) is 0 Å². The number of benzene rings is 3. The van der Waals surface area contributed by atoms with Crippen LogP contribution in [0.4, 0.5) is 0 Å². The molecule has 0 saturated carbocycles. The fourth-order valence-corrected chi connectivity index (χ4v) is 3.47. The lowest BCUT2D eigenvalue weighted by Crippen LogP contribution is -2.14. The van der Waals surface area contributed by atoms with Crippen molar-refractivity contribution in [3.05, 3.63) is 71.3 Å².